The topological polar surface area (TPSA) is 63.1 Å². The second-order valence-electron chi connectivity index (χ2n) is 7.57. The Morgan fingerprint density at radius 2 is 1.89 bits per heavy atom. The molecule has 5 rings (SSSR count). The molecule has 6 nitrogen and oxygen atoms in total. The summed E-state index contributed by atoms with van der Waals surface area (Å²) >= 11 is 0. The third-order valence-corrected chi connectivity index (χ3v) is 5.41. The van der Waals surface area contributed by atoms with Crippen molar-refractivity contribution in [2.24, 2.45) is 13.0 Å². The highest BCUT2D eigenvalue weighted by atomic mass is 19.4. The largest absolute Gasteiger partial charge is 0.417 e. The maximum Gasteiger partial charge on any atom is 0.417 e. The van der Waals surface area contributed by atoms with Gasteiger partial charge in [-0.3, -0.25) is 4.68 Å². The molecule has 28 heavy (non-hydrogen) atoms. The zero-order valence-electron chi connectivity index (χ0n) is 15.3. The third-order valence-electron chi connectivity index (χ3n) is 5.41. The van der Waals surface area contributed by atoms with Gasteiger partial charge in [0.25, 0.3) is 0 Å². The predicted octanol–water partition coefficient (Wildman–Crippen LogP) is 4.04. The van der Waals surface area contributed by atoms with Crippen LogP contribution >= 0.6 is 0 Å². The molecule has 3 fully saturated rings. The normalized spacial score (nSPS) is 24.1. The van der Waals surface area contributed by atoms with Crippen LogP contribution in [0, 0.1) is 11.7 Å². The second kappa shape index (κ2) is 6.46. The molecule has 10 heteroatoms. The SMILES string of the molecule is CC1CC2CC(C1)N2C(=O)Nc1cc(-c2ncn(C)n2)c(C(F)(F)F)cc1F. The lowest BCUT2D eigenvalue weighted by molar-refractivity contribution is -0.137. The van der Waals surface area contributed by atoms with Gasteiger partial charge in [-0.15, -0.1) is 0 Å². The monoisotopic (exact) mass is 397 g/mol. The number of amides is 2. The summed E-state index contributed by atoms with van der Waals surface area (Å²) in [6.07, 6.45) is -0.872. The fourth-order valence-corrected chi connectivity index (χ4v) is 4.21. The first-order valence-corrected chi connectivity index (χ1v) is 8.99. The number of hydrogen-bond donors (Lipinski definition) is 1. The van der Waals surface area contributed by atoms with Crippen molar-refractivity contribution in [1.29, 1.82) is 0 Å². The van der Waals surface area contributed by atoms with E-state index in [0.29, 0.717) is 12.0 Å². The van der Waals surface area contributed by atoms with Gasteiger partial charge < -0.3 is 10.2 Å². The van der Waals surface area contributed by atoms with E-state index in [1.54, 1.807) is 4.90 Å². The fourth-order valence-electron chi connectivity index (χ4n) is 4.21. The molecule has 1 saturated carbocycles. The molecule has 2 aromatic rings. The Labute approximate surface area is 158 Å². The molecule has 2 atom stereocenters. The van der Waals surface area contributed by atoms with Crippen molar-refractivity contribution >= 4 is 11.7 Å². The van der Waals surface area contributed by atoms with Gasteiger partial charge in [0.15, 0.2) is 5.82 Å². The average Bonchev–Trinajstić information content (AvgIpc) is 3.01. The average molecular weight is 397 g/mol. The van der Waals surface area contributed by atoms with Gasteiger partial charge >= 0.3 is 12.2 Å². The third kappa shape index (κ3) is 3.20. The molecular formula is C18H19F4N5O. The van der Waals surface area contributed by atoms with Crippen LogP contribution in [0.2, 0.25) is 0 Å². The van der Waals surface area contributed by atoms with E-state index < -0.39 is 23.6 Å². The lowest BCUT2D eigenvalue weighted by Gasteiger charge is -2.54. The Balaban J connectivity index is 1.65. The molecule has 1 aromatic heterocycles. The zero-order valence-corrected chi connectivity index (χ0v) is 15.3. The van der Waals surface area contributed by atoms with Crippen LogP contribution in [0.3, 0.4) is 0 Å². The number of piperidine rings is 1. The standard InChI is InChI=1S/C18H19F4N5O/c1-9-3-10-5-11(4-9)27(10)17(28)24-15-6-12(16-23-8-26(2)25-16)13(7-14(15)19)18(20,21)22/h6-11H,3-5H2,1-2H3,(H,24,28). The highest BCUT2D eigenvalue weighted by Crippen LogP contribution is 2.42. The Hall–Kier alpha value is -2.65. The summed E-state index contributed by atoms with van der Waals surface area (Å²) < 4.78 is 55.8. The van der Waals surface area contributed by atoms with E-state index in [1.807, 2.05) is 0 Å². The van der Waals surface area contributed by atoms with E-state index in [2.05, 4.69) is 22.3 Å². The summed E-state index contributed by atoms with van der Waals surface area (Å²) in [5, 5.41) is 6.32. The second-order valence-corrected chi connectivity index (χ2v) is 7.57. The zero-order chi connectivity index (χ0) is 20.2. The molecular weight excluding hydrogens is 378 g/mol. The lowest BCUT2D eigenvalue weighted by Crippen LogP contribution is -2.63. The van der Waals surface area contributed by atoms with Crippen LogP contribution in [0.4, 0.5) is 28.0 Å². The summed E-state index contributed by atoms with van der Waals surface area (Å²) in [6, 6.07) is 1.03. The highest BCUT2D eigenvalue weighted by Gasteiger charge is 2.46. The molecule has 1 N–H and O–H groups in total. The molecule has 3 heterocycles. The number of benzene rings is 1. The number of carbonyl (C=O) groups is 1. The molecule has 2 aliphatic heterocycles. The summed E-state index contributed by atoms with van der Waals surface area (Å²) in [4.78, 5) is 18.1. The number of nitrogens with one attached hydrogen (secondary N) is 1. The van der Waals surface area contributed by atoms with E-state index in [1.165, 1.54) is 18.1 Å². The minimum absolute atomic E-state index is 0.100. The molecule has 0 spiro atoms. The molecule has 2 saturated heterocycles. The Morgan fingerprint density at radius 3 is 2.46 bits per heavy atom. The van der Waals surface area contributed by atoms with Crippen LogP contribution in [-0.4, -0.2) is 37.8 Å². The van der Waals surface area contributed by atoms with E-state index in [-0.39, 0.29) is 29.2 Å². The van der Waals surface area contributed by atoms with Crippen LogP contribution in [0.5, 0.6) is 0 Å². The van der Waals surface area contributed by atoms with Gasteiger partial charge in [0.1, 0.15) is 12.1 Å². The predicted molar refractivity (Wildman–Crippen MR) is 92.8 cm³/mol. The number of aromatic nitrogens is 3. The quantitative estimate of drug-likeness (QED) is 0.778. The number of aryl methyl sites for hydroxylation is 1. The van der Waals surface area contributed by atoms with Gasteiger partial charge in [-0.05, 0) is 37.3 Å². The molecule has 2 unspecified atom stereocenters. The number of nitrogens with zero attached hydrogens (tertiary/aromatic N) is 4. The maximum absolute atomic E-state index is 14.4. The number of alkyl halides is 3. The lowest BCUT2D eigenvalue weighted by atomic mass is 9.74. The summed E-state index contributed by atoms with van der Waals surface area (Å²) in [7, 11) is 1.51. The van der Waals surface area contributed by atoms with Crippen molar-refractivity contribution in [3.63, 3.8) is 0 Å². The summed E-state index contributed by atoms with van der Waals surface area (Å²) in [5.41, 5.74) is -1.90. The van der Waals surface area contributed by atoms with Crippen LogP contribution < -0.4 is 5.32 Å². The Kier molecular flexibility index (Phi) is 4.31. The number of urea groups is 1. The molecule has 2 amide bonds. The minimum Gasteiger partial charge on any atom is -0.318 e. The molecule has 1 aromatic carbocycles. The summed E-state index contributed by atoms with van der Waals surface area (Å²) in [5.74, 6) is -0.822. The molecule has 0 radical (unpaired) electrons. The van der Waals surface area contributed by atoms with E-state index in [9.17, 15) is 22.4 Å². The van der Waals surface area contributed by atoms with Crippen molar-refractivity contribution in [2.75, 3.05) is 5.32 Å². The van der Waals surface area contributed by atoms with Crippen LogP contribution in [-0.2, 0) is 13.2 Å². The summed E-state index contributed by atoms with van der Waals surface area (Å²) in [6.45, 7) is 2.12. The van der Waals surface area contributed by atoms with Crippen molar-refractivity contribution < 1.29 is 22.4 Å². The van der Waals surface area contributed by atoms with Crippen LogP contribution in [0.15, 0.2) is 18.5 Å². The molecule has 150 valence electrons. The van der Waals surface area contributed by atoms with Gasteiger partial charge in [0, 0.05) is 24.7 Å². The number of fused-ring (bicyclic) bond motifs is 2. The number of anilines is 1. The van der Waals surface area contributed by atoms with Crippen LogP contribution in [0.25, 0.3) is 11.4 Å². The number of rotatable bonds is 2. The van der Waals surface area contributed by atoms with E-state index in [0.717, 1.165) is 25.3 Å². The number of halogens is 4. The van der Waals surface area contributed by atoms with Crippen molar-refractivity contribution in [3.8, 4) is 11.4 Å². The molecule has 3 aliphatic rings. The van der Waals surface area contributed by atoms with E-state index in [4.69, 9.17) is 0 Å². The van der Waals surface area contributed by atoms with Crippen molar-refractivity contribution in [1.82, 2.24) is 19.7 Å². The number of hydrogen-bond acceptors (Lipinski definition) is 3. The van der Waals surface area contributed by atoms with Gasteiger partial charge in [-0.25, -0.2) is 14.2 Å². The van der Waals surface area contributed by atoms with Gasteiger partial charge in [-0.1, -0.05) is 6.92 Å². The Morgan fingerprint density at radius 1 is 1.21 bits per heavy atom. The fraction of sp³-hybridized carbons (Fsp3) is 0.500. The minimum atomic E-state index is -4.79. The van der Waals surface area contributed by atoms with E-state index >= 15 is 0 Å². The van der Waals surface area contributed by atoms with Gasteiger partial charge in [-0.2, -0.15) is 18.3 Å². The smallest absolute Gasteiger partial charge is 0.318 e. The first-order valence-electron chi connectivity index (χ1n) is 8.99. The Bertz CT molecular complexity index is 913. The first kappa shape index (κ1) is 18.7. The van der Waals surface area contributed by atoms with Gasteiger partial charge in [0.05, 0.1) is 11.3 Å². The highest BCUT2D eigenvalue weighted by molar-refractivity contribution is 5.91. The first-order chi connectivity index (χ1) is 13.1. The van der Waals surface area contributed by atoms with Crippen molar-refractivity contribution in [3.05, 3.63) is 29.8 Å². The molecule has 2 bridgehead atoms. The van der Waals surface area contributed by atoms with Crippen molar-refractivity contribution in [2.45, 2.75) is 44.4 Å². The van der Waals surface area contributed by atoms with Crippen LogP contribution in [0.1, 0.15) is 31.7 Å². The molecule has 1 aliphatic carbocycles. The maximum atomic E-state index is 14.4. The van der Waals surface area contributed by atoms with Gasteiger partial charge in [0.2, 0.25) is 0 Å². The number of carbonyl (C=O) groups excluding carboxylic acids is 1.